The van der Waals surface area contributed by atoms with Crippen LogP contribution in [0.4, 0.5) is 0 Å². The Bertz CT molecular complexity index is 373. The molecule has 7 heteroatoms. The molecule has 0 spiro atoms. The second-order valence-corrected chi connectivity index (χ2v) is 3.63. The van der Waals surface area contributed by atoms with E-state index in [0.29, 0.717) is 5.56 Å². The zero-order valence-corrected chi connectivity index (χ0v) is 13.2. The summed E-state index contributed by atoms with van der Waals surface area (Å²) >= 11 is 9.13. The van der Waals surface area contributed by atoms with Crippen LogP contribution in [0.1, 0.15) is 16.1 Å². The van der Waals surface area contributed by atoms with Crippen LogP contribution >= 0.6 is 12.2 Å². The topological polar surface area (TPSA) is 54.0 Å². The monoisotopic (exact) mass is 265 g/mol. The van der Waals surface area contributed by atoms with Crippen molar-refractivity contribution in [2.24, 2.45) is 0 Å². The van der Waals surface area contributed by atoms with Gasteiger partial charge in [-0.15, -0.1) is 0 Å². The smallest absolute Gasteiger partial charge is 0.410 e. The molecule has 0 aliphatic carbocycles. The van der Waals surface area contributed by atoms with E-state index >= 15 is 0 Å². The van der Waals surface area contributed by atoms with E-state index in [1.807, 2.05) is 6.92 Å². The third-order valence-corrected chi connectivity index (χ3v) is 1.64. The van der Waals surface area contributed by atoms with Gasteiger partial charge in [-0.05, 0) is 23.4 Å². The molecule has 0 aliphatic heterocycles. The van der Waals surface area contributed by atoms with E-state index in [1.165, 1.54) is 0 Å². The first-order valence-electron chi connectivity index (χ1n) is 3.79. The Morgan fingerprint density at radius 2 is 2.20 bits per heavy atom. The number of nitrogens with one attached hydrogen (secondary N) is 2. The van der Waals surface area contributed by atoms with Crippen molar-refractivity contribution >= 4 is 35.1 Å². The van der Waals surface area contributed by atoms with E-state index in [4.69, 9.17) is 0 Å². The van der Waals surface area contributed by atoms with Crippen molar-refractivity contribution in [2.75, 3.05) is 0 Å². The summed E-state index contributed by atoms with van der Waals surface area (Å²) in [5.74, 6) is -0.289. The number of nitrogens with zero attached hydrogens (tertiary/aromatic N) is 1. The van der Waals surface area contributed by atoms with E-state index < -0.39 is 0 Å². The number of amides is 1. The number of hydrogen-bond donors (Lipinski definition) is 2. The summed E-state index contributed by atoms with van der Waals surface area (Å²) in [6.45, 7) is 1.81. The molecule has 1 heterocycles. The Morgan fingerprint density at radius 3 is 2.73 bits per heavy atom. The Hall–Kier alpha value is 0.366. The minimum Gasteiger partial charge on any atom is -0.410 e. The molecule has 0 bridgehead atoms. The summed E-state index contributed by atoms with van der Waals surface area (Å²) in [5, 5.41) is 0. The Labute approximate surface area is 141 Å². The number of rotatable bonds is 1. The number of carbonyl (C=O) groups excluding carboxylic acids is 1. The SMILES string of the molecule is Cc1cc(C(=O)NNC(=S)[S-])ccn1.[K+]. The molecule has 0 aromatic carbocycles. The summed E-state index contributed by atoms with van der Waals surface area (Å²) in [7, 11) is 0. The predicted octanol–water partition coefficient (Wildman–Crippen LogP) is -2.54. The van der Waals surface area contributed by atoms with Crippen molar-refractivity contribution in [1.82, 2.24) is 15.8 Å². The van der Waals surface area contributed by atoms with E-state index in [-0.39, 0.29) is 61.6 Å². The van der Waals surface area contributed by atoms with E-state index in [2.05, 4.69) is 40.7 Å². The fourth-order valence-electron chi connectivity index (χ4n) is 0.867. The van der Waals surface area contributed by atoms with Crippen molar-refractivity contribution in [2.45, 2.75) is 6.92 Å². The van der Waals surface area contributed by atoms with Gasteiger partial charge >= 0.3 is 51.4 Å². The molecule has 1 aromatic rings. The Balaban J connectivity index is 0.00000196. The Kier molecular flexibility index (Phi) is 7.79. The van der Waals surface area contributed by atoms with E-state index in [9.17, 15) is 4.79 Å². The molecule has 0 radical (unpaired) electrons. The minimum absolute atomic E-state index is 0. The first-order chi connectivity index (χ1) is 6.59. The predicted molar refractivity (Wildman–Crippen MR) is 59.5 cm³/mol. The molecule has 4 nitrogen and oxygen atoms in total. The van der Waals surface area contributed by atoms with Gasteiger partial charge in [0, 0.05) is 17.5 Å². The molecule has 2 N–H and O–H groups in total. The van der Waals surface area contributed by atoms with Gasteiger partial charge in [-0.3, -0.25) is 15.2 Å². The van der Waals surface area contributed by atoms with Crippen molar-refractivity contribution in [3.63, 3.8) is 0 Å². The second kappa shape index (κ2) is 7.61. The van der Waals surface area contributed by atoms with Gasteiger partial charge in [0.1, 0.15) is 0 Å². The number of pyridine rings is 1. The molecular weight excluding hydrogens is 257 g/mol. The fourth-order valence-corrected chi connectivity index (χ4v) is 0.969. The molecule has 0 saturated carbocycles. The molecule has 1 amide bonds. The normalized spacial score (nSPS) is 8.60. The number of aryl methyl sites for hydroxylation is 1. The van der Waals surface area contributed by atoms with Crippen LogP contribution in [-0.2, 0) is 12.6 Å². The molecule has 0 atom stereocenters. The maximum atomic E-state index is 11.4. The molecule has 0 aliphatic rings. The molecule has 0 fully saturated rings. The van der Waals surface area contributed by atoms with Crippen LogP contribution in [-0.4, -0.2) is 15.2 Å². The Morgan fingerprint density at radius 1 is 1.53 bits per heavy atom. The van der Waals surface area contributed by atoms with Gasteiger partial charge in [-0.2, -0.15) is 0 Å². The average molecular weight is 265 g/mol. The van der Waals surface area contributed by atoms with Crippen LogP contribution in [0.2, 0.25) is 0 Å². The maximum absolute atomic E-state index is 11.4. The molecule has 0 unspecified atom stereocenters. The number of thiocarbonyl (C=S) groups is 1. The van der Waals surface area contributed by atoms with Crippen LogP contribution in [0.15, 0.2) is 18.3 Å². The zero-order valence-electron chi connectivity index (χ0n) is 8.40. The fraction of sp³-hybridized carbons (Fsp3) is 0.125. The van der Waals surface area contributed by atoms with Crippen molar-refractivity contribution in [1.29, 1.82) is 0 Å². The van der Waals surface area contributed by atoms with Crippen LogP contribution in [0, 0.1) is 6.92 Å². The maximum Gasteiger partial charge on any atom is 1.00 e. The number of carbonyl (C=O) groups is 1. The third-order valence-electron chi connectivity index (χ3n) is 1.44. The van der Waals surface area contributed by atoms with E-state index in [1.54, 1.807) is 18.3 Å². The molecule has 74 valence electrons. The molecule has 1 aromatic heterocycles. The molecule has 1 rings (SSSR count). The van der Waals surface area contributed by atoms with Gasteiger partial charge in [0.25, 0.3) is 5.91 Å². The number of aromatic nitrogens is 1. The van der Waals surface area contributed by atoms with Crippen LogP contribution in [0.3, 0.4) is 0 Å². The van der Waals surface area contributed by atoms with Crippen LogP contribution in [0.5, 0.6) is 0 Å². The molecule has 0 saturated heterocycles. The van der Waals surface area contributed by atoms with Gasteiger partial charge in [0.15, 0.2) is 0 Å². The van der Waals surface area contributed by atoms with Gasteiger partial charge < -0.3 is 30.3 Å². The van der Waals surface area contributed by atoms with Gasteiger partial charge in [-0.25, -0.2) is 0 Å². The number of hydrazine groups is 1. The average Bonchev–Trinajstić information content (AvgIpc) is 2.14. The van der Waals surface area contributed by atoms with Crippen molar-refractivity contribution in [3.8, 4) is 0 Å². The largest absolute Gasteiger partial charge is 1.00 e. The van der Waals surface area contributed by atoms with Crippen molar-refractivity contribution in [3.05, 3.63) is 29.6 Å². The summed E-state index contributed by atoms with van der Waals surface area (Å²) in [6.07, 6.45) is 1.57. The summed E-state index contributed by atoms with van der Waals surface area (Å²) in [6, 6.07) is 3.28. The molecule has 15 heavy (non-hydrogen) atoms. The summed E-state index contributed by atoms with van der Waals surface area (Å²) < 4.78 is 0.101. The minimum atomic E-state index is -0.289. The summed E-state index contributed by atoms with van der Waals surface area (Å²) in [4.78, 5) is 15.4. The first kappa shape index (κ1) is 15.4. The third kappa shape index (κ3) is 5.86. The van der Waals surface area contributed by atoms with Crippen molar-refractivity contribution < 1.29 is 56.2 Å². The first-order valence-corrected chi connectivity index (χ1v) is 4.61. The van der Waals surface area contributed by atoms with E-state index in [0.717, 1.165) is 5.69 Å². The quantitative estimate of drug-likeness (QED) is 0.254. The number of hydrogen-bond acceptors (Lipinski definition) is 4. The van der Waals surface area contributed by atoms with Crippen LogP contribution in [0.25, 0.3) is 0 Å². The standard InChI is InChI=1S/C8H9N3OS2.K/c1-5-4-6(2-3-9-5)7(12)10-11-8(13)14;/h2-4H,1H3,(H,10,12)(H2,11,13,14);/q;+1/p-1. The molecular formula is C8H8KN3OS2. The zero-order chi connectivity index (χ0) is 10.6. The van der Waals surface area contributed by atoms with Gasteiger partial charge in [0.05, 0.1) is 0 Å². The summed E-state index contributed by atoms with van der Waals surface area (Å²) in [5.41, 5.74) is 6.04. The van der Waals surface area contributed by atoms with Crippen LogP contribution < -0.4 is 62.2 Å². The second-order valence-electron chi connectivity index (χ2n) is 2.55. The van der Waals surface area contributed by atoms with Gasteiger partial charge in [0.2, 0.25) is 0 Å². The van der Waals surface area contributed by atoms with Gasteiger partial charge in [-0.1, -0.05) is 0 Å².